The van der Waals surface area contributed by atoms with Gasteiger partial charge in [0.1, 0.15) is 23.2 Å². The summed E-state index contributed by atoms with van der Waals surface area (Å²) in [6.07, 6.45) is 1.57. The maximum absolute atomic E-state index is 13.0. The zero-order valence-electron chi connectivity index (χ0n) is 18.6. The van der Waals surface area contributed by atoms with E-state index in [0.29, 0.717) is 30.7 Å². The molecular weight excluding hydrogens is 449 g/mol. The summed E-state index contributed by atoms with van der Waals surface area (Å²) >= 11 is 0. The summed E-state index contributed by atoms with van der Waals surface area (Å²) in [5.41, 5.74) is -0.383. The lowest BCUT2D eigenvalue weighted by Gasteiger charge is -2.27. The number of halogens is 3. The molecule has 34 heavy (non-hydrogen) atoms. The van der Waals surface area contributed by atoms with Gasteiger partial charge in [-0.3, -0.25) is 9.48 Å². The topological polar surface area (TPSA) is 78.3 Å². The van der Waals surface area contributed by atoms with Gasteiger partial charge in [0.15, 0.2) is 0 Å². The summed E-state index contributed by atoms with van der Waals surface area (Å²) < 4.78 is 52.2. The third kappa shape index (κ3) is 4.72. The zero-order chi connectivity index (χ0) is 23.9. The minimum atomic E-state index is -4.64. The molecule has 0 bridgehead atoms. The number of benzene rings is 1. The van der Waals surface area contributed by atoms with Crippen LogP contribution in [0.5, 0.6) is 5.75 Å². The van der Waals surface area contributed by atoms with Gasteiger partial charge in [-0.1, -0.05) is 13.0 Å². The number of anilines is 1. The first kappa shape index (κ1) is 22.6. The molecule has 2 fully saturated rings. The van der Waals surface area contributed by atoms with Crippen molar-refractivity contribution in [3.8, 4) is 5.75 Å². The molecule has 2 aromatic heterocycles. The Bertz CT molecular complexity index is 1200. The van der Waals surface area contributed by atoms with E-state index in [1.54, 1.807) is 12.1 Å². The van der Waals surface area contributed by atoms with Crippen molar-refractivity contribution in [3.05, 3.63) is 47.9 Å². The molecule has 3 heterocycles. The Morgan fingerprint density at radius 1 is 1.18 bits per heavy atom. The predicted molar refractivity (Wildman–Crippen MR) is 119 cm³/mol. The molecule has 3 aromatic rings. The molecule has 1 aliphatic carbocycles. The maximum Gasteiger partial charge on any atom is 0.433 e. The van der Waals surface area contributed by atoms with E-state index in [9.17, 15) is 18.0 Å². The van der Waals surface area contributed by atoms with Gasteiger partial charge in [0, 0.05) is 17.6 Å². The van der Waals surface area contributed by atoms with Crippen LogP contribution < -0.4 is 10.1 Å². The second-order valence-electron chi connectivity index (χ2n) is 9.07. The standard InChI is InChI=1S/C24H25F3N4O3/c1-14-5-7-16(8-6-14)31-11-15-9-20(21(10-19(15)30-31)34-17-12-33-13-17)29-23(32)18-3-2-4-22(28-18)24(25,26)27/h2-4,9-11,14,16-17H,5-8,12-13H2,1H3,(H,29,32). The van der Waals surface area contributed by atoms with E-state index in [4.69, 9.17) is 14.6 Å². The Balaban J connectivity index is 1.44. The average Bonchev–Trinajstić information content (AvgIpc) is 3.19. The summed E-state index contributed by atoms with van der Waals surface area (Å²) in [7, 11) is 0. The number of alkyl halides is 3. The number of rotatable bonds is 5. The maximum atomic E-state index is 13.0. The fourth-order valence-electron chi connectivity index (χ4n) is 4.33. The van der Waals surface area contributed by atoms with Crippen molar-refractivity contribution in [2.45, 2.75) is 50.9 Å². The summed E-state index contributed by atoms with van der Waals surface area (Å²) in [5, 5.41) is 8.23. The Hall–Kier alpha value is -3.14. The van der Waals surface area contributed by atoms with Crippen LogP contribution in [0.3, 0.4) is 0 Å². The number of amides is 1. The molecule has 1 saturated carbocycles. The molecule has 1 amide bonds. The van der Waals surface area contributed by atoms with Gasteiger partial charge in [0.2, 0.25) is 0 Å². The first-order chi connectivity index (χ1) is 16.3. The highest BCUT2D eigenvalue weighted by atomic mass is 19.4. The van der Waals surface area contributed by atoms with Gasteiger partial charge in [-0.2, -0.15) is 18.3 Å². The van der Waals surface area contributed by atoms with Crippen LogP contribution >= 0.6 is 0 Å². The number of carbonyl (C=O) groups is 1. The molecule has 1 N–H and O–H groups in total. The Morgan fingerprint density at radius 3 is 2.62 bits per heavy atom. The number of hydrogen-bond donors (Lipinski definition) is 1. The molecular formula is C24H25F3N4O3. The molecule has 0 radical (unpaired) electrons. The Morgan fingerprint density at radius 2 is 1.94 bits per heavy atom. The summed E-state index contributed by atoms with van der Waals surface area (Å²) in [4.78, 5) is 16.3. The Kier molecular flexibility index (Phi) is 5.93. The summed E-state index contributed by atoms with van der Waals surface area (Å²) in [5.74, 6) is 0.356. The monoisotopic (exact) mass is 474 g/mol. The van der Waals surface area contributed by atoms with Crippen LogP contribution in [0.4, 0.5) is 18.9 Å². The number of ether oxygens (including phenoxy) is 2. The van der Waals surface area contributed by atoms with E-state index < -0.39 is 17.8 Å². The van der Waals surface area contributed by atoms with E-state index in [1.807, 2.05) is 10.9 Å². The lowest BCUT2D eigenvalue weighted by molar-refractivity contribution is -0.141. The highest BCUT2D eigenvalue weighted by molar-refractivity contribution is 6.05. The van der Waals surface area contributed by atoms with Gasteiger partial charge in [-0.05, 0) is 49.8 Å². The second-order valence-corrected chi connectivity index (χ2v) is 9.07. The third-order valence-corrected chi connectivity index (χ3v) is 6.40. The minimum absolute atomic E-state index is 0.165. The lowest BCUT2D eigenvalue weighted by atomic mass is 9.87. The number of carbonyl (C=O) groups excluding carboxylic acids is 1. The van der Waals surface area contributed by atoms with Crippen molar-refractivity contribution in [1.29, 1.82) is 0 Å². The van der Waals surface area contributed by atoms with Gasteiger partial charge >= 0.3 is 6.18 Å². The third-order valence-electron chi connectivity index (χ3n) is 6.40. The van der Waals surface area contributed by atoms with Crippen molar-refractivity contribution in [2.24, 2.45) is 5.92 Å². The van der Waals surface area contributed by atoms with Crippen LogP contribution in [0.2, 0.25) is 0 Å². The van der Waals surface area contributed by atoms with Crippen LogP contribution in [-0.4, -0.2) is 40.0 Å². The number of nitrogens with zero attached hydrogens (tertiary/aromatic N) is 3. The van der Waals surface area contributed by atoms with E-state index in [-0.39, 0.29) is 11.8 Å². The molecule has 1 aromatic carbocycles. The van der Waals surface area contributed by atoms with Crippen LogP contribution in [0.15, 0.2) is 36.5 Å². The fraction of sp³-hybridized carbons (Fsp3) is 0.458. The molecule has 180 valence electrons. The van der Waals surface area contributed by atoms with Crippen molar-refractivity contribution in [3.63, 3.8) is 0 Å². The van der Waals surface area contributed by atoms with Crippen molar-refractivity contribution >= 4 is 22.5 Å². The number of fused-ring (bicyclic) bond motifs is 1. The van der Waals surface area contributed by atoms with Crippen molar-refractivity contribution in [2.75, 3.05) is 18.5 Å². The number of hydrogen-bond acceptors (Lipinski definition) is 5. The molecule has 2 aliphatic rings. The van der Waals surface area contributed by atoms with Crippen molar-refractivity contribution in [1.82, 2.24) is 14.8 Å². The molecule has 5 rings (SSSR count). The normalized spacial score (nSPS) is 21.3. The van der Waals surface area contributed by atoms with Gasteiger partial charge in [0.25, 0.3) is 5.91 Å². The van der Waals surface area contributed by atoms with Crippen LogP contribution in [0.1, 0.15) is 54.8 Å². The molecule has 0 unspecified atom stereocenters. The first-order valence-corrected chi connectivity index (χ1v) is 11.4. The fourth-order valence-corrected chi connectivity index (χ4v) is 4.33. The van der Waals surface area contributed by atoms with Gasteiger partial charge in [0.05, 0.1) is 30.5 Å². The largest absolute Gasteiger partial charge is 0.483 e. The Labute approximate surface area is 194 Å². The number of aromatic nitrogens is 3. The van der Waals surface area contributed by atoms with Crippen molar-refractivity contribution < 1.29 is 27.4 Å². The van der Waals surface area contributed by atoms with Crippen LogP contribution in [0, 0.1) is 5.92 Å². The highest BCUT2D eigenvalue weighted by Gasteiger charge is 2.33. The summed E-state index contributed by atoms with van der Waals surface area (Å²) in [6.45, 7) is 3.11. The molecule has 10 heteroatoms. The van der Waals surface area contributed by atoms with Crippen LogP contribution in [-0.2, 0) is 10.9 Å². The van der Waals surface area contributed by atoms with E-state index >= 15 is 0 Å². The van der Waals surface area contributed by atoms with E-state index in [0.717, 1.165) is 54.6 Å². The molecule has 0 atom stereocenters. The minimum Gasteiger partial charge on any atom is -0.483 e. The average molecular weight is 474 g/mol. The number of nitrogens with one attached hydrogen (secondary N) is 1. The number of pyridine rings is 1. The van der Waals surface area contributed by atoms with E-state index in [2.05, 4.69) is 17.2 Å². The predicted octanol–water partition coefficient (Wildman–Crippen LogP) is 5.23. The quantitative estimate of drug-likeness (QED) is 0.548. The second kappa shape index (κ2) is 8.90. The molecule has 0 spiro atoms. The van der Waals surface area contributed by atoms with Gasteiger partial charge < -0.3 is 14.8 Å². The van der Waals surface area contributed by atoms with E-state index in [1.165, 1.54) is 6.07 Å². The molecule has 1 aliphatic heterocycles. The SMILES string of the molecule is CC1CCC(n2cc3cc(NC(=O)c4cccc(C(F)(F)F)n4)c(OC4COC4)cc3n2)CC1. The molecule has 1 saturated heterocycles. The van der Waals surface area contributed by atoms with Gasteiger partial charge in [-0.15, -0.1) is 0 Å². The highest BCUT2D eigenvalue weighted by Crippen LogP contribution is 2.36. The summed E-state index contributed by atoms with van der Waals surface area (Å²) in [6, 6.07) is 7.04. The van der Waals surface area contributed by atoms with Crippen LogP contribution in [0.25, 0.3) is 10.9 Å². The smallest absolute Gasteiger partial charge is 0.433 e. The molecule has 7 nitrogen and oxygen atoms in total. The first-order valence-electron chi connectivity index (χ1n) is 11.4. The zero-order valence-corrected chi connectivity index (χ0v) is 18.6. The van der Waals surface area contributed by atoms with Gasteiger partial charge in [-0.25, -0.2) is 4.98 Å². The lowest BCUT2D eigenvalue weighted by Crippen LogP contribution is -2.38.